The average molecular weight is 444 g/mol. The second-order valence-electron chi connectivity index (χ2n) is 7.26. The molecule has 3 N–H and O–H groups in total. The van der Waals surface area contributed by atoms with Gasteiger partial charge in [-0.1, -0.05) is 26.0 Å². The molecule has 0 saturated heterocycles. The van der Waals surface area contributed by atoms with Crippen LogP contribution in [0.25, 0.3) is 0 Å². The van der Waals surface area contributed by atoms with Gasteiger partial charge in [0.2, 0.25) is 0 Å². The number of ether oxygens (including phenoxy) is 2. The fourth-order valence-electron chi connectivity index (χ4n) is 2.60. The lowest BCUT2D eigenvalue weighted by Gasteiger charge is -2.14. The monoisotopic (exact) mass is 443 g/mol. The fraction of sp³-hybridized carbons (Fsp3) is 0.348. The molecule has 0 atom stereocenters. The number of hydrogen-bond donors (Lipinski definition) is 3. The Labute approximate surface area is 188 Å². The smallest absolute Gasteiger partial charge is 0.257 e. The van der Waals surface area contributed by atoms with Crippen LogP contribution in [0.1, 0.15) is 41.0 Å². The highest BCUT2D eigenvalue weighted by Crippen LogP contribution is 2.16. The molecule has 8 heteroatoms. The van der Waals surface area contributed by atoms with Crippen molar-refractivity contribution in [3.05, 3.63) is 59.7 Å². The standard InChI is InChI=1S/C23H29N3O4S/c1-16(2)12-14-30-18-10-8-17(9-11-18)21(27)26-23(31)25-20-7-5-4-6-19(20)22(28)24-13-15-29-3/h4-11,16H,12-15H2,1-3H3,(H,24,28)(H2,25,26,27,31). The molecule has 0 bridgehead atoms. The van der Waals surface area contributed by atoms with E-state index in [2.05, 4.69) is 29.8 Å². The molecule has 0 aliphatic rings. The van der Waals surface area contributed by atoms with Gasteiger partial charge >= 0.3 is 0 Å². The molecule has 2 aromatic rings. The summed E-state index contributed by atoms with van der Waals surface area (Å²) in [5.41, 5.74) is 1.36. The Balaban J connectivity index is 1.92. The van der Waals surface area contributed by atoms with Gasteiger partial charge in [0.15, 0.2) is 5.11 Å². The Morgan fingerprint density at radius 3 is 2.39 bits per heavy atom. The highest BCUT2D eigenvalue weighted by molar-refractivity contribution is 7.80. The average Bonchev–Trinajstić information content (AvgIpc) is 2.74. The van der Waals surface area contributed by atoms with Crippen LogP contribution in [0.15, 0.2) is 48.5 Å². The van der Waals surface area contributed by atoms with Crippen molar-refractivity contribution in [2.24, 2.45) is 5.92 Å². The van der Waals surface area contributed by atoms with Crippen molar-refractivity contribution in [3.63, 3.8) is 0 Å². The molecular weight excluding hydrogens is 414 g/mol. The molecule has 0 unspecified atom stereocenters. The van der Waals surface area contributed by atoms with Crippen molar-refractivity contribution in [1.29, 1.82) is 0 Å². The minimum Gasteiger partial charge on any atom is -0.494 e. The van der Waals surface area contributed by atoms with Crippen molar-refractivity contribution in [1.82, 2.24) is 10.6 Å². The Hall–Kier alpha value is -2.97. The van der Waals surface area contributed by atoms with E-state index in [0.717, 1.165) is 6.42 Å². The quantitative estimate of drug-likeness (QED) is 0.384. The van der Waals surface area contributed by atoms with E-state index in [9.17, 15) is 9.59 Å². The van der Waals surface area contributed by atoms with E-state index in [4.69, 9.17) is 21.7 Å². The maximum Gasteiger partial charge on any atom is 0.257 e. The maximum atomic E-state index is 12.5. The van der Waals surface area contributed by atoms with Crippen molar-refractivity contribution in [2.45, 2.75) is 20.3 Å². The van der Waals surface area contributed by atoms with Gasteiger partial charge in [-0.25, -0.2) is 0 Å². The molecule has 0 heterocycles. The molecule has 2 amide bonds. The number of rotatable bonds is 10. The summed E-state index contributed by atoms with van der Waals surface area (Å²) >= 11 is 5.25. The third kappa shape index (κ3) is 8.35. The molecule has 0 aliphatic heterocycles. The molecule has 0 fully saturated rings. The summed E-state index contributed by atoms with van der Waals surface area (Å²) in [6, 6.07) is 13.8. The first-order chi connectivity index (χ1) is 14.9. The number of benzene rings is 2. The first-order valence-corrected chi connectivity index (χ1v) is 10.5. The molecule has 31 heavy (non-hydrogen) atoms. The molecule has 2 aromatic carbocycles. The molecule has 2 rings (SSSR count). The number of amides is 2. The second kappa shape index (κ2) is 12.7. The van der Waals surface area contributed by atoms with E-state index in [-0.39, 0.29) is 16.9 Å². The molecular formula is C23H29N3O4S. The van der Waals surface area contributed by atoms with Crippen LogP contribution < -0.4 is 20.7 Å². The van der Waals surface area contributed by atoms with E-state index in [1.54, 1.807) is 55.6 Å². The van der Waals surface area contributed by atoms with Crippen LogP contribution in [0.3, 0.4) is 0 Å². The number of methoxy groups -OCH3 is 1. The first kappa shape index (κ1) is 24.3. The van der Waals surface area contributed by atoms with Gasteiger partial charge in [-0.15, -0.1) is 0 Å². The van der Waals surface area contributed by atoms with Gasteiger partial charge in [-0.05, 0) is 61.0 Å². The van der Waals surface area contributed by atoms with Crippen LogP contribution in [0.4, 0.5) is 5.69 Å². The lowest BCUT2D eigenvalue weighted by molar-refractivity contribution is 0.0936. The molecule has 0 aliphatic carbocycles. The normalized spacial score (nSPS) is 10.5. The maximum absolute atomic E-state index is 12.5. The lowest BCUT2D eigenvalue weighted by Crippen LogP contribution is -2.35. The first-order valence-electron chi connectivity index (χ1n) is 10.1. The van der Waals surface area contributed by atoms with Gasteiger partial charge in [0.05, 0.1) is 24.5 Å². The minimum atomic E-state index is -0.353. The summed E-state index contributed by atoms with van der Waals surface area (Å²) < 4.78 is 10.6. The Morgan fingerprint density at radius 1 is 1.00 bits per heavy atom. The molecule has 7 nitrogen and oxygen atoms in total. The molecule has 0 radical (unpaired) electrons. The summed E-state index contributed by atoms with van der Waals surface area (Å²) in [7, 11) is 1.57. The van der Waals surface area contributed by atoms with E-state index >= 15 is 0 Å². The van der Waals surface area contributed by atoms with Crippen LogP contribution >= 0.6 is 12.2 Å². The SMILES string of the molecule is COCCNC(=O)c1ccccc1NC(=S)NC(=O)c1ccc(OCCC(C)C)cc1. The van der Waals surface area contributed by atoms with Gasteiger partial charge in [-0.2, -0.15) is 0 Å². The highest BCUT2D eigenvalue weighted by atomic mass is 32.1. The van der Waals surface area contributed by atoms with Crippen LogP contribution in [0.5, 0.6) is 5.75 Å². The Kier molecular flexibility index (Phi) is 9.93. The van der Waals surface area contributed by atoms with Gasteiger partial charge in [0.25, 0.3) is 11.8 Å². The zero-order valence-electron chi connectivity index (χ0n) is 18.1. The van der Waals surface area contributed by atoms with Crippen molar-refractivity contribution >= 4 is 34.8 Å². The summed E-state index contributed by atoms with van der Waals surface area (Å²) in [6.45, 7) is 5.72. The molecule has 166 valence electrons. The lowest BCUT2D eigenvalue weighted by atomic mass is 10.1. The van der Waals surface area contributed by atoms with E-state index in [0.29, 0.717) is 48.2 Å². The molecule has 0 aromatic heterocycles. The molecule has 0 saturated carbocycles. The number of hydrogen-bond acceptors (Lipinski definition) is 5. The largest absolute Gasteiger partial charge is 0.494 e. The van der Waals surface area contributed by atoms with E-state index in [1.165, 1.54) is 0 Å². The number of thiocarbonyl (C=S) groups is 1. The number of carbonyl (C=O) groups excluding carboxylic acids is 2. The van der Waals surface area contributed by atoms with Crippen LogP contribution in [-0.2, 0) is 4.74 Å². The van der Waals surface area contributed by atoms with Crippen LogP contribution in [0.2, 0.25) is 0 Å². The summed E-state index contributed by atoms with van der Waals surface area (Å²) in [5.74, 6) is 0.669. The van der Waals surface area contributed by atoms with Gasteiger partial charge in [-0.3, -0.25) is 14.9 Å². The summed E-state index contributed by atoms with van der Waals surface area (Å²) in [6.07, 6.45) is 0.966. The fourth-order valence-corrected chi connectivity index (χ4v) is 2.80. The van der Waals surface area contributed by atoms with Crippen molar-refractivity contribution in [2.75, 3.05) is 32.2 Å². The van der Waals surface area contributed by atoms with Crippen LogP contribution in [-0.4, -0.2) is 43.8 Å². The third-order valence-corrected chi connectivity index (χ3v) is 4.52. The topological polar surface area (TPSA) is 88.7 Å². The van der Waals surface area contributed by atoms with E-state index in [1.807, 2.05) is 0 Å². The summed E-state index contributed by atoms with van der Waals surface area (Å²) in [4.78, 5) is 24.8. The van der Waals surface area contributed by atoms with Crippen molar-refractivity contribution < 1.29 is 19.1 Å². The van der Waals surface area contributed by atoms with E-state index < -0.39 is 0 Å². The Morgan fingerprint density at radius 2 is 1.71 bits per heavy atom. The predicted octanol–water partition coefficient (Wildman–Crippen LogP) is 3.61. The minimum absolute atomic E-state index is 0.0967. The second-order valence-corrected chi connectivity index (χ2v) is 7.67. The highest BCUT2D eigenvalue weighted by Gasteiger charge is 2.13. The number of anilines is 1. The zero-order chi connectivity index (χ0) is 22.6. The van der Waals surface area contributed by atoms with Gasteiger partial charge < -0.3 is 20.1 Å². The van der Waals surface area contributed by atoms with Gasteiger partial charge in [0, 0.05) is 19.2 Å². The molecule has 0 spiro atoms. The third-order valence-electron chi connectivity index (χ3n) is 4.32. The number of nitrogens with one attached hydrogen (secondary N) is 3. The Bertz CT molecular complexity index is 885. The van der Waals surface area contributed by atoms with Crippen LogP contribution in [0, 0.1) is 5.92 Å². The predicted molar refractivity (Wildman–Crippen MR) is 126 cm³/mol. The summed E-state index contributed by atoms with van der Waals surface area (Å²) in [5, 5.41) is 8.40. The van der Waals surface area contributed by atoms with Crippen molar-refractivity contribution in [3.8, 4) is 5.75 Å². The number of carbonyl (C=O) groups is 2. The number of para-hydroxylation sites is 1. The van der Waals surface area contributed by atoms with Gasteiger partial charge in [0.1, 0.15) is 5.75 Å². The zero-order valence-corrected chi connectivity index (χ0v) is 18.9.